The molecule has 1 atom stereocenters. The molecule has 2 aromatic rings. The van der Waals surface area contributed by atoms with Gasteiger partial charge in [-0.1, -0.05) is 12.5 Å². The highest BCUT2D eigenvalue weighted by atomic mass is 32.2. The van der Waals surface area contributed by atoms with Crippen molar-refractivity contribution in [1.82, 2.24) is 4.31 Å². The van der Waals surface area contributed by atoms with Gasteiger partial charge in [-0.2, -0.15) is 9.57 Å². The molecule has 148 valence electrons. The van der Waals surface area contributed by atoms with Crippen molar-refractivity contribution in [3.8, 4) is 6.07 Å². The molecule has 1 saturated heterocycles. The highest BCUT2D eigenvalue weighted by Crippen LogP contribution is 2.37. The highest BCUT2D eigenvalue weighted by Gasteiger charge is 2.40. The minimum absolute atomic E-state index is 0.257. The number of anilines is 1. The summed E-state index contributed by atoms with van der Waals surface area (Å²) >= 11 is 2.63. The molecule has 0 radical (unpaired) electrons. The number of nitrogens with zero attached hydrogens (tertiary/aromatic N) is 2. The van der Waals surface area contributed by atoms with Gasteiger partial charge in [-0.25, -0.2) is 8.42 Å². The number of carbonyl (C=O) groups excluding carboxylic acids is 1. The fourth-order valence-electron chi connectivity index (χ4n) is 3.96. The monoisotopic (exact) mass is 435 g/mol. The van der Waals surface area contributed by atoms with E-state index >= 15 is 0 Å². The van der Waals surface area contributed by atoms with Crippen molar-refractivity contribution >= 4 is 43.6 Å². The second-order valence-corrected chi connectivity index (χ2v) is 11.2. The molecule has 0 saturated carbocycles. The van der Waals surface area contributed by atoms with Crippen molar-refractivity contribution < 1.29 is 13.2 Å². The lowest BCUT2D eigenvalue weighted by molar-refractivity contribution is -0.119. The number of amides is 1. The minimum Gasteiger partial charge on any atom is -0.315 e. The standard InChI is InChI=1S/C19H21N3O3S3/c20-12-14-13-6-2-1-3-8-16(13)27-19(14)21-18(23)15-7-4-10-22(15)28(24,25)17-9-5-11-26-17/h5,9,11,15H,1-4,6-8,10H2,(H,21,23)/t15-/m1/s1. The molecular weight excluding hydrogens is 414 g/mol. The van der Waals surface area contributed by atoms with Crippen LogP contribution in [-0.4, -0.2) is 31.2 Å². The number of hydrogen-bond acceptors (Lipinski definition) is 6. The Balaban J connectivity index is 1.58. The van der Waals surface area contributed by atoms with Crippen LogP contribution in [-0.2, 0) is 27.7 Å². The Kier molecular flexibility index (Phi) is 5.56. The number of nitrogens with one attached hydrogen (secondary N) is 1. The summed E-state index contributed by atoms with van der Waals surface area (Å²) < 4.78 is 27.3. The zero-order valence-corrected chi connectivity index (χ0v) is 17.8. The van der Waals surface area contributed by atoms with Gasteiger partial charge in [-0.15, -0.1) is 22.7 Å². The molecule has 9 heteroatoms. The summed E-state index contributed by atoms with van der Waals surface area (Å²) in [5, 5.41) is 14.8. The summed E-state index contributed by atoms with van der Waals surface area (Å²) in [7, 11) is -3.68. The summed E-state index contributed by atoms with van der Waals surface area (Å²) in [5.74, 6) is -0.342. The van der Waals surface area contributed by atoms with Gasteiger partial charge in [-0.05, 0) is 55.5 Å². The number of hydrogen-bond donors (Lipinski definition) is 1. The normalized spacial score (nSPS) is 20.3. The van der Waals surface area contributed by atoms with Crippen LogP contribution in [0.25, 0.3) is 0 Å². The van der Waals surface area contributed by atoms with Crippen molar-refractivity contribution in [3.05, 3.63) is 33.5 Å². The van der Waals surface area contributed by atoms with E-state index in [9.17, 15) is 18.5 Å². The van der Waals surface area contributed by atoms with E-state index in [4.69, 9.17) is 0 Å². The van der Waals surface area contributed by atoms with Gasteiger partial charge in [-0.3, -0.25) is 4.79 Å². The molecular formula is C19H21N3O3S3. The van der Waals surface area contributed by atoms with Gasteiger partial charge in [0, 0.05) is 11.4 Å². The second-order valence-electron chi connectivity index (χ2n) is 7.08. The van der Waals surface area contributed by atoms with Crippen LogP contribution >= 0.6 is 22.7 Å². The average molecular weight is 436 g/mol. The third-order valence-corrected chi connectivity index (χ3v) is 9.82. The van der Waals surface area contributed by atoms with Crippen LogP contribution in [0.5, 0.6) is 0 Å². The lowest BCUT2D eigenvalue weighted by atomic mass is 10.1. The van der Waals surface area contributed by atoms with Crippen LogP contribution < -0.4 is 5.32 Å². The van der Waals surface area contributed by atoms with Crippen LogP contribution in [0.15, 0.2) is 21.7 Å². The van der Waals surface area contributed by atoms with Gasteiger partial charge in [0.2, 0.25) is 5.91 Å². The Morgan fingerprint density at radius 3 is 2.82 bits per heavy atom. The van der Waals surface area contributed by atoms with E-state index in [-0.39, 0.29) is 10.1 Å². The molecule has 6 nitrogen and oxygen atoms in total. The molecule has 4 rings (SSSR count). The van der Waals surface area contributed by atoms with Crippen molar-refractivity contribution in [3.63, 3.8) is 0 Å². The molecule has 0 bridgehead atoms. The van der Waals surface area contributed by atoms with Gasteiger partial charge in [0.05, 0.1) is 5.56 Å². The summed E-state index contributed by atoms with van der Waals surface area (Å²) in [4.78, 5) is 14.2. The first-order valence-electron chi connectivity index (χ1n) is 9.43. The van der Waals surface area contributed by atoms with Gasteiger partial charge in [0.25, 0.3) is 10.0 Å². The number of carbonyl (C=O) groups is 1. The fraction of sp³-hybridized carbons (Fsp3) is 0.474. The lowest BCUT2D eigenvalue weighted by Gasteiger charge is -2.22. The smallest absolute Gasteiger partial charge is 0.253 e. The highest BCUT2D eigenvalue weighted by molar-refractivity contribution is 7.91. The zero-order chi connectivity index (χ0) is 19.7. The van der Waals surface area contributed by atoms with Crippen LogP contribution in [0, 0.1) is 11.3 Å². The van der Waals surface area contributed by atoms with Crippen molar-refractivity contribution in [2.45, 2.75) is 55.2 Å². The van der Waals surface area contributed by atoms with Gasteiger partial charge in [0.1, 0.15) is 21.3 Å². The summed E-state index contributed by atoms with van der Waals surface area (Å²) in [6.45, 7) is 0.338. The quantitative estimate of drug-likeness (QED) is 0.741. The van der Waals surface area contributed by atoms with E-state index in [0.717, 1.165) is 49.0 Å². The van der Waals surface area contributed by atoms with Crippen molar-refractivity contribution in [2.24, 2.45) is 0 Å². The Morgan fingerprint density at radius 1 is 1.25 bits per heavy atom. The van der Waals surface area contributed by atoms with Gasteiger partial charge < -0.3 is 5.32 Å². The van der Waals surface area contributed by atoms with E-state index in [2.05, 4.69) is 11.4 Å². The first-order chi connectivity index (χ1) is 13.5. The molecule has 28 heavy (non-hydrogen) atoms. The van der Waals surface area contributed by atoms with Gasteiger partial charge in [0.15, 0.2) is 0 Å². The van der Waals surface area contributed by atoms with Crippen molar-refractivity contribution in [1.29, 1.82) is 5.26 Å². The molecule has 2 aliphatic rings. The molecule has 3 heterocycles. The lowest BCUT2D eigenvalue weighted by Crippen LogP contribution is -2.42. The fourth-order valence-corrected chi connectivity index (χ4v) is 7.98. The number of rotatable bonds is 4. The summed E-state index contributed by atoms with van der Waals surface area (Å²) in [5.41, 5.74) is 1.62. The van der Waals surface area contributed by atoms with Crippen LogP contribution in [0.4, 0.5) is 5.00 Å². The molecule has 1 aliphatic heterocycles. The van der Waals surface area contributed by atoms with Crippen LogP contribution in [0.3, 0.4) is 0 Å². The number of sulfonamides is 1. The second kappa shape index (κ2) is 7.95. The largest absolute Gasteiger partial charge is 0.315 e. The number of aryl methyl sites for hydroxylation is 1. The molecule has 0 unspecified atom stereocenters. The van der Waals surface area contributed by atoms with E-state index in [1.165, 1.54) is 20.5 Å². The van der Waals surface area contributed by atoms with Crippen molar-refractivity contribution in [2.75, 3.05) is 11.9 Å². The number of thiophene rings is 2. The van der Waals surface area contributed by atoms with E-state index < -0.39 is 16.1 Å². The molecule has 1 fully saturated rings. The molecule has 1 N–H and O–H groups in total. The molecule has 2 aromatic heterocycles. The van der Waals surface area contributed by atoms with Crippen LogP contribution in [0.1, 0.15) is 48.1 Å². The molecule has 1 aliphatic carbocycles. The topological polar surface area (TPSA) is 90.3 Å². The Bertz CT molecular complexity index is 1020. The zero-order valence-electron chi connectivity index (χ0n) is 15.3. The predicted molar refractivity (Wildman–Crippen MR) is 110 cm³/mol. The summed E-state index contributed by atoms with van der Waals surface area (Å²) in [6.07, 6.45) is 6.26. The third kappa shape index (κ3) is 3.50. The van der Waals surface area contributed by atoms with E-state index in [1.54, 1.807) is 17.5 Å². The Labute approximate surface area is 172 Å². The average Bonchev–Trinajstić information content (AvgIpc) is 3.39. The Morgan fingerprint density at radius 2 is 2.07 bits per heavy atom. The third-order valence-electron chi connectivity index (χ3n) is 5.33. The Hall–Kier alpha value is -1.73. The van der Waals surface area contributed by atoms with E-state index in [1.807, 2.05) is 0 Å². The SMILES string of the molecule is N#Cc1c(NC(=O)[C@H]2CCCN2S(=O)(=O)c2cccs2)sc2c1CCCCC2. The molecule has 1 amide bonds. The molecule has 0 aromatic carbocycles. The minimum atomic E-state index is -3.68. The number of fused-ring (bicyclic) bond motifs is 1. The maximum absolute atomic E-state index is 13.0. The van der Waals surface area contributed by atoms with Crippen LogP contribution in [0.2, 0.25) is 0 Å². The van der Waals surface area contributed by atoms with Gasteiger partial charge >= 0.3 is 0 Å². The first kappa shape index (κ1) is 19.6. The maximum Gasteiger partial charge on any atom is 0.253 e. The number of nitriles is 1. The van der Waals surface area contributed by atoms with E-state index in [0.29, 0.717) is 30.0 Å². The summed E-state index contributed by atoms with van der Waals surface area (Å²) in [6, 6.07) is 4.78. The first-order valence-corrected chi connectivity index (χ1v) is 12.6. The molecule has 0 spiro atoms. The predicted octanol–water partition coefficient (Wildman–Crippen LogP) is 3.74. The maximum atomic E-state index is 13.0.